The number of benzene rings is 4. The molecule has 7 rings (SSSR count). The summed E-state index contributed by atoms with van der Waals surface area (Å²) < 4.78 is 0. The van der Waals surface area contributed by atoms with Crippen LogP contribution in [0.3, 0.4) is 0 Å². The maximum atomic E-state index is 4.35. The summed E-state index contributed by atoms with van der Waals surface area (Å²) >= 11 is 0. The van der Waals surface area contributed by atoms with Crippen LogP contribution < -0.4 is 0 Å². The van der Waals surface area contributed by atoms with E-state index in [0.29, 0.717) is 0 Å². The molecule has 1 aliphatic carbocycles. The number of hydrogen-bond acceptors (Lipinski definition) is 2. The lowest BCUT2D eigenvalue weighted by molar-refractivity contribution is 0.690. The summed E-state index contributed by atoms with van der Waals surface area (Å²) in [4.78, 5) is 8.69. The summed E-state index contributed by atoms with van der Waals surface area (Å²) in [5, 5.41) is 7.92. The van der Waals surface area contributed by atoms with Crippen molar-refractivity contribution in [3.8, 4) is 0 Å². The maximum Gasteiger partial charge on any atom is 0.0964 e. The second kappa shape index (κ2) is 8.05. The topological polar surface area (TPSA) is 25.8 Å². The zero-order valence-corrected chi connectivity index (χ0v) is 18.0. The summed E-state index contributed by atoms with van der Waals surface area (Å²) in [6.07, 6.45) is 8.82. The van der Waals surface area contributed by atoms with Crippen LogP contribution in [0.1, 0.15) is 24.0 Å². The van der Waals surface area contributed by atoms with Crippen molar-refractivity contribution in [3.63, 3.8) is 0 Å². The van der Waals surface area contributed by atoms with Crippen LogP contribution >= 0.6 is 0 Å². The minimum absolute atomic E-state index is 0.977. The summed E-state index contributed by atoms with van der Waals surface area (Å²) in [6, 6.07) is 30.1. The Labute approximate surface area is 187 Å². The van der Waals surface area contributed by atoms with Gasteiger partial charge in [0.05, 0.1) is 11.0 Å². The van der Waals surface area contributed by atoms with Crippen LogP contribution in [0.4, 0.5) is 0 Å². The molecule has 1 aliphatic rings. The van der Waals surface area contributed by atoms with Gasteiger partial charge in [0.15, 0.2) is 0 Å². The van der Waals surface area contributed by atoms with Gasteiger partial charge in [-0.2, -0.15) is 0 Å². The van der Waals surface area contributed by atoms with Gasteiger partial charge in [-0.1, -0.05) is 72.8 Å². The van der Waals surface area contributed by atoms with Gasteiger partial charge >= 0.3 is 0 Å². The van der Waals surface area contributed by atoms with Gasteiger partial charge in [0.1, 0.15) is 0 Å². The average molecular weight is 413 g/mol. The molecule has 32 heavy (non-hydrogen) atoms. The molecule has 154 valence electrons. The van der Waals surface area contributed by atoms with E-state index >= 15 is 0 Å². The largest absolute Gasteiger partial charge is 0.254 e. The van der Waals surface area contributed by atoms with Crippen molar-refractivity contribution in [2.45, 2.75) is 25.7 Å². The molecule has 0 aliphatic heterocycles. The van der Waals surface area contributed by atoms with E-state index in [2.05, 4.69) is 82.8 Å². The number of aryl methyl sites for hydroxylation is 2. The highest BCUT2D eigenvalue weighted by atomic mass is 14.7. The fourth-order valence-electron chi connectivity index (χ4n) is 5.02. The Balaban J connectivity index is 0.000000126. The van der Waals surface area contributed by atoms with Crippen LogP contribution in [-0.2, 0) is 12.8 Å². The lowest BCUT2D eigenvalue weighted by atomic mass is 9.86. The van der Waals surface area contributed by atoms with Gasteiger partial charge in [-0.25, -0.2) is 0 Å². The molecule has 0 atom stereocenters. The van der Waals surface area contributed by atoms with Crippen molar-refractivity contribution in [2.75, 3.05) is 0 Å². The van der Waals surface area contributed by atoms with Gasteiger partial charge < -0.3 is 0 Å². The number of aromatic nitrogens is 2. The first-order valence-corrected chi connectivity index (χ1v) is 11.4. The summed E-state index contributed by atoms with van der Waals surface area (Å²) in [7, 11) is 0. The molecule has 2 heteroatoms. The molecule has 0 bridgehead atoms. The summed E-state index contributed by atoms with van der Waals surface area (Å²) in [5.74, 6) is 0. The van der Waals surface area contributed by atoms with Crippen LogP contribution in [0.15, 0.2) is 97.3 Å². The third-order valence-electron chi connectivity index (χ3n) is 6.60. The smallest absolute Gasteiger partial charge is 0.0964 e. The number of fused-ring (bicyclic) bond motifs is 8. The lowest BCUT2D eigenvalue weighted by Crippen LogP contribution is -2.02. The SMILES string of the molecule is c1ccc2c(c1)ccc1c3c(ccc12)CCCC3.c1cnc2c(c1)ccc1cccnc12. The Hall–Kier alpha value is -3.78. The van der Waals surface area contributed by atoms with Gasteiger partial charge in [0.25, 0.3) is 0 Å². The molecular formula is C30H24N2. The molecule has 6 aromatic rings. The van der Waals surface area contributed by atoms with E-state index in [0.717, 1.165) is 21.8 Å². The Bertz CT molecular complexity index is 1530. The number of hydrogen-bond donors (Lipinski definition) is 0. The molecule has 0 amide bonds. The minimum atomic E-state index is 0.977. The highest BCUT2D eigenvalue weighted by Gasteiger charge is 2.13. The second-order valence-electron chi connectivity index (χ2n) is 8.51. The van der Waals surface area contributed by atoms with Crippen LogP contribution in [0, 0.1) is 0 Å². The molecule has 0 N–H and O–H groups in total. The second-order valence-corrected chi connectivity index (χ2v) is 8.51. The van der Waals surface area contributed by atoms with Gasteiger partial charge in [-0.05, 0) is 70.5 Å². The highest BCUT2D eigenvalue weighted by Crippen LogP contribution is 2.33. The predicted molar refractivity (Wildman–Crippen MR) is 135 cm³/mol. The highest BCUT2D eigenvalue weighted by molar-refractivity contribution is 6.08. The van der Waals surface area contributed by atoms with Gasteiger partial charge in [-0.3, -0.25) is 9.97 Å². The molecule has 0 saturated carbocycles. The van der Waals surface area contributed by atoms with E-state index in [4.69, 9.17) is 0 Å². The van der Waals surface area contributed by atoms with Crippen molar-refractivity contribution in [1.82, 2.24) is 9.97 Å². The number of pyridine rings is 2. The first kappa shape index (κ1) is 18.9. The normalized spacial score (nSPS) is 13.1. The van der Waals surface area contributed by atoms with E-state index in [1.165, 1.54) is 47.2 Å². The lowest BCUT2D eigenvalue weighted by Gasteiger charge is -2.18. The maximum absolute atomic E-state index is 4.35. The summed E-state index contributed by atoms with van der Waals surface area (Å²) in [6.45, 7) is 0. The first-order valence-electron chi connectivity index (χ1n) is 11.4. The van der Waals surface area contributed by atoms with Gasteiger partial charge in [0, 0.05) is 23.2 Å². The van der Waals surface area contributed by atoms with Gasteiger partial charge in [0.2, 0.25) is 0 Å². The average Bonchev–Trinajstić information content (AvgIpc) is 2.88. The number of rotatable bonds is 0. The molecule has 2 nitrogen and oxygen atoms in total. The van der Waals surface area contributed by atoms with Gasteiger partial charge in [-0.15, -0.1) is 0 Å². The molecule has 0 unspecified atom stereocenters. The molecule has 2 heterocycles. The minimum Gasteiger partial charge on any atom is -0.254 e. The zero-order chi connectivity index (χ0) is 21.3. The van der Waals surface area contributed by atoms with Crippen LogP contribution in [0.2, 0.25) is 0 Å². The predicted octanol–water partition coefficient (Wildman–Crippen LogP) is 7.65. The third-order valence-corrected chi connectivity index (χ3v) is 6.60. The zero-order valence-electron chi connectivity index (χ0n) is 18.0. The Kier molecular flexibility index (Phi) is 4.77. The third kappa shape index (κ3) is 3.29. The quantitative estimate of drug-likeness (QED) is 0.239. The molecule has 2 aromatic heterocycles. The Morgan fingerprint density at radius 2 is 1.09 bits per heavy atom. The van der Waals surface area contributed by atoms with E-state index in [-0.39, 0.29) is 0 Å². The molecular weight excluding hydrogens is 388 g/mol. The van der Waals surface area contributed by atoms with E-state index < -0.39 is 0 Å². The monoisotopic (exact) mass is 412 g/mol. The van der Waals surface area contributed by atoms with Crippen molar-refractivity contribution in [2.24, 2.45) is 0 Å². The molecule has 0 fully saturated rings. The van der Waals surface area contributed by atoms with Crippen molar-refractivity contribution < 1.29 is 0 Å². The molecule has 0 spiro atoms. The van der Waals surface area contributed by atoms with E-state index in [9.17, 15) is 0 Å². The van der Waals surface area contributed by atoms with Crippen LogP contribution in [0.5, 0.6) is 0 Å². The fraction of sp³-hybridized carbons (Fsp3) is 0.133. The Morgan fingerprint density at radius 3 is 1.88 bits per heavy atom. The number of nitrogens with zero attached hydrogens (tertiary/aromatic N) is 2. The first-order chi connectivity index (χ1) is 15.9. The molecule has 0 saturated heterocycles. The molecule has 4 aromatic carbocycles. The van der Waals surface area contributed by atoms with E-state index in [1.54, 1.807) is 23.5 Å². The van der Waals surface area contributed by atoms with Crippen LogP contribution in [0.25, 0.3) is 43.4 Å². The standard InChI is InChI=1S/C18H16.C12H8N2/c1-3-7-15-13(5-1)9-11-18-16-8-4-2-6-14(16)10-12-17(15)18;1-3-9-5-6-10-4-2-8-14-12(10)11(9)13-7-1/h1,3,5,7,9-12H,2,4,6,8H2;1-8H. The summed E-state index contributed by atoms with van der Waals surface area (Å²) in [5.41, 5.74) is 5.13. The van der Waals surface area contributed by atoms with Crippen molar-refractivity contribution >= 4 is 43.4 Å². The van der Waals surface area contributed by atoms with E-state index in [1.807, 2.05) is 12.1 Å². The van der Waals surface area contributed by atoms with Crippen molar-refractivity contribution in [1.29, 1.82) is 0 Å². The van der Waals surface area contributed by atoms with Crippen molar-refractivity contribution in [3.05, 3.63) is 108 Å². The van der Waals surface area contributed by atoms with Crippen LogP contribution in [-0.4, -0.2) is 9.97 Å². The Morgan fingerprint density at radius 1 is 0.469 bits per heavy atom. The molecule has 0 radical (unpaired) electrons. The fourth-order valence-corrected chi connectivity index (χ4v) is 5.02.